The van der Waals surface area contributed by atoms with E-state index in [0.717, 1.165) is 12.1 Å². The second kappa shape index (κ2) is 6.69. The number of carboxylic acid groups (broad SMARTS) is 1. The summed E-state index contributed by atoms with van der Waals surface area (Å²) in [5, 5.41) is 8.67. The van der Waals surface area contributed by atoms with Gasteiger partial charge >= 0.3 is 11.9 Å². The van der Waals surface area contributed by atoms with Crippen molar-refractivity contribution in [3.63, 3.8) is 0 Å². The zero-order chi connectivity index (χ0) is 15.3. The van der Waals surface area contributed by atoms with Gasteiger partial charge in [-0.15, -0.1) is 0 Å². The molecular formula is C11H12ClNO6S. The maximum atomic E-state index is 11.9. The summed E-state index contributed by atoms with van der Waals surface area (Å²) in [5.74, 6) is -2.04. The predicted octanol–water partition coefficient (Wildman–Crippen LogP) is 0.880. The number of hydrogen-bond donors (Lipinski definition) is 2. The van der Waals surface area contributed by atoms with Crippen molar-refractivity contribution in [2.75, 3.05) is 13.2 Å². The highest BCUT2D eigenvalue weighted by molar-refractivity contribution is 7.89. The Hall–Kier alpha value is -1.64. The maximum Gasteiger partial charge on any atom is 0.335 e. The van der Waals surface area contributed by atoms with E-state index in [1.54, 1.807) is 6.92 Å². The van der Waals surface area contributed by atoms with Crippen LogP contribution < -0.4 is 4.72 Å². The zero-order valence-corrected chi connectivity index (χ0v) is 12.0. The molecule has 20 heavy (non-hydrogen) atoms. The number of carboxylic acids is 1. The van der Waals surface area contributed by atoms with Crippen molar-refractivity contribution in [3.8, 4) is 0 Å². The molecule has 9 heteroatoms. The van der Waals surface area contributed by atoms with Crippen molar-refractivity contribution in [1.82, 2.24) is 4.72 Å². The third-order valence-electron chi connectivity index (χ3n) is 2.18. The van der Waals surface area contributed by atoms with Crippen LogP contribution >= 0.6 is 11.6 Å². The molecule has 0 unspecified atom stereocenters. The van der Waals surface area contributed by atoms with Gasteiger partial charge in [0.1, 0.15) is 11.4 Å². The van der Waals surface area contributed by atoms with Gasteiger partial charge in [0.25, 0.3) is 0 Å². The van der Waals surface area contributed by atoms with Crippen molar-refractivity contribution >= 4 is 33.6 Å². The number of benzene rings is 1. The first kappa shape index (κ1) is 16.4. The molecule has 0 fully saturated rings. The van der Waals surface area contributed by atoms with Crippen LogP contribution in [0.5, 0.6) is 0 Å². The van der Waals surface area contributed by atoms with Gasteiger partial charge in [-0.3, -0.25) is 4.79 Å². The molecule has 1 aromatic rings. The van der Waals surface area contributed by atoms with Gasteiger partial charge in [-0.05, 0) is 25.1 Å². The van der Waals surface area contributed by atoms with Crippen LogP contribution in [0.4, 0.5) is 0 Å². The summed E-state index contributed by atoms with van der Waals surface area (Å²) >= 11 is 5.73. The molecular weight excluding hydrogens is 310 g/mol. The Bertz CT molecular complexity index is 628. The Balaban J connectivity index is 3.00. The molecule has 1 aromatic carbocycles. The molecule has 110 valence electrons. The van der Waals surface area contributed by atoms with Gasteiger partial charge in [-0.25, -0.2) is 13.2 Å². The number of carbonyl (C=O) groups excluding carboxylic acids is 1. The van der Waals surface area contributed by atoms with E-state index >= 15 is 0 Å². The van der Waals surface area contributed by atoms with E-state index in [-0.39, 0.29) is 17.2 Å². The summed E-state index contributed by atoms with van der Waals surface area (Å²) in [6.45, 7) is 1.14. The number of esters is 1. The quantitative estimate of drug-likeness (QED) is 0.753. The van der Waals surface area contributed by atoms with Crippen molar-refractivity contribution in [2.24, 2.45) is 0 Å². The molecule has 0 aromatic heterocycles. The fourth-order valence-electron chi connectivity index (χ4n) is 1.29. The third kappa shape index (κ3) is 4.19. The first-order valence-corrected chi connectivity index (χ1v) is 7.32. The van der Waals surface area contributed by atoms with Crippen LogP contribution in [0.15, 0.2) is 23.1 Å². The average molecular weight is 322 g/mol. The Morgan fingerprint density at radius 2 is 2.05 bits per heavy atom. The van der Waals surface area contributed by atoms with E-state index in [4.69, 9.17) is 16.7 Å². The van der Waals surface area contributed by atoms with Crippen LogP contribution in [0.2, 0.25) is 5.02 Å². The summed E-state index contributed by atoms with van der Waals surface area (Å²) in [5.41, 5.74) is -0.231. The van der Waals surface area contributed by atoms with Crippen LogP contribution in [0, 0.1) is 0 Å². The number of rotatable bonds is 6. The lowest BCUT2D eigenvalue weighted by molar-refractivity contribution is -0.141. The molecule has 0 saturated heterocycles. The monoisotopic (exact) mass is 321 g/mol. The van der Waals surface area contributed by atoms with Crippen LogP contribution in [0.3, 0.4) is 0 Å². The third-order valence-corrected chi connectivity index (χ3v) is 4.06. The van der Waals surface area contributed by atoms with E-state index in [9.17, 15) is 18.0 Å². The van der Waals surface area contributed by atoms with Gasteiger partial charge in [-0.2, -0.15) is 4.72 Å². The van der Waals surface area contributed by atoms with Crippen molar-refractivity contribution in [2.45, 2.75) is 11.8 Å². The highest BCUT2D eigenvalue weighted by Gasteiger charge is 2.21. The lowest BCUT2D eigenvalue weighted by atomic mass is 10.2. The average Bonchev–Trinajstić information content (AvgIpc) is 2.37. The normalized spacial score (nSPS) is 11.1. The standard InChI is InChI=1S/C11H12ClNO6S/c1-2-19-10(14)6-13-20(17,18)9-5-7(11(15)16)3-4-8(9)12/h3-5,13H,2,6H2,1H3,(H,15,16). The molecule has 2 N–H and O–H groups in total. The lowest BCUT2D eigenvalue weighted by Crippen LogP contribution is -2.31. The van der Waals surface area contributed by atoms with Gasteiger partial charge in [-0.1, -0.05) is 11.6 Å². The number of aromatic carboxylic acids is 1. The van der Waals surface area contributed by atoms with Crippen molar-refractivity contribution < 1.29 is 27.9 Å². The van der Waals surface area contributed by atoms with E-state index in [0.29, 0.717) is 0 Å². The highest BCUT2D eigenvalue weighted by Crippen LogP contribution is 2.22. The van der Waals surface area contributed by atoms with Crippen LogP contribution in [0.1, 0.15) is 17.3 Å². The maximum absolute atomic E-state index is 11.9. The summed E-state index contributed by atoms with van der Waals surface area (Å²) < 4.78 is 30.4. The SMILES string of the molecule is CCOC(=O)CNS(=O)(=O)c1cc(C(=O)O)ccc1Cl. The largest absolute Gasteiger partial charge is 0.478 e. The Morgan fingerprint density at radius 1 is 1.40 bits per heavy atom. The summed E-state index contributed by atoms with van der Waals surface area (Å²) in [6.07, 6.45) is 0. The minimum absolute atomic E-state index is 0.121. The number of ether oxygens (including phenoxy) is 1. The highest BCUT2D eigenvalue weighted by atomic mass is 35.5. The molecule has 0 heterocycles. The van der Waals surface area contributed by atoms with Crippen LogP contribution in [-0.4, -0.2) is 38.6 Å². The molecule has 0 aliphatic heterocycles. The molecule has 0 aliphatic rings. The van der Waals surface area contributed by atoms with E-state index < -0.39 is 33.4 Å². The van der Waals surface area contributed by atoms with Gasteiger partial charge in [0.05, 0.1) is 17.2 Å². The summed E-state index contributed by atoms with van der Waals surface area (Å²) in [4.78, 5) is 21.5. The summed E-state index contributed by atoms with van der Waals surface area (Å²) in [6, 6.07) is 3.25. The van der Waals surface area contributed by atoms with Crippen molar-refractivity contribution in [1.29, 1.82) is 0 Å². The van der Waals surface area contributed by atoms with E-state index in [1.807, 2.05) is 4.72 Å². The first-order valence-electron chi connectivity index (χ1n) is 5.46. The number of hydrogen-bond acceptors (Lipinski definition) is 5. The molecule has 7 nitrogen and oxygen atoms in total. The Morgan fingerprint density at radius 3 is 2.60 bits per heavy atom. The minimum atomic E-state index is -4.11. The zero-order valence-electron chi connectivity index (χ0n) is 10.4. The van der Waals surface area contributed by atoms with Gasteiger partial charge in [0.15, 0.2) is 0 Å². The van der Waals surface area contributed by atoms with Gasteiger partial charge in [0, 0.05) is 0 Å². The molecule has 0 spiro atoms. The van der Waals surface area contributed by atoms with Crippen LogP contribution in [0.25, 0.3) is 0 Å². The number of sulfonamides is 1. The molecule has 0 aliphatic carbocycles. The van der Waals surface area contributed by atoms with Gasteiger partial charge < -0.3 is 9.84 Å². The van der Waals surface area contributed by atoms with Gasteiger partial charge in [0.2, 0.25) is 10.0 Å². The molecule has 0 bridgehead atoms. The Labute approximate surface area is 120 Å². The second-order valence-corrected chi connectivity index (χ2v) is 5.72. The fourth-order valence-corrected chi connectivity index (χ4v) is 2.78. The van der Waals surface area contributed by atoms with Crippen molar-refractivity contribution in [3.05, 3.63) is 28.8 Å². The van der Waals surface area contributed by atoms with E-state index in [2.05, 4.69) is 4.74 Å². The first-order chi connectivity index (χ1) is 9.27. The molecule has 0 atom stereocenters. The van der Waals surface area contributed by atoms with E-state index in [1.165, 1.54) is 6.07 Å². The fraction of sp³-hybridized carbons (Fsp3) is 0.273. The number of carbonyl (C=O) groups is 2. The molecule has 0 amide bonds. The minimum Gasteiger partial charge on any atom is -0.478 e. The molecule has 0 radical (unpaired) electrons. The molecule has 0 saturated carbocycles. The Kier molecular flexibility index (Phi) is 5.49. The smallest absolute Gasteiger partial charge is 0.335 e. The number of halogens is 1. The topological polar surface area (TPSA) is 110 Å². The van der Waals surface area contributed by atoms with Crippen LogP contribution in [-0.2, 0) is 19.6 Å². The summed E-state index contributed by atoms with van der Waals surface area (Å²) in [7, 11) is -4.11. The number of nitrogens with one attached hydrogen (secondary N) is 1. The molecule has 1 rings (SSSR count). The lowest BCUT2D eigenvalue weighted by Gasteiger charge is -2.08. The second-order valence-electron chi connectivity index (χ2n) is 3.58. The predicted molar refractivity (Wildman–Crippen MR) is 70.2 cm³/mol.